The summed E-state index contributed by atoms with van der Waals surface area (Å²) in [5, 5.41) is 3.30. The Morgan fingerprint density at radius 1 is 1.00 bits per heavy atom. The summed E-state index contributed by atoms with van der Waals surface area (Å²) in [6, 6.07) is 18.5. The number of alkyl carbamates (subject to hydrolysis) is 1. The zero-order valence-corrected chi connectivity index (χ0v) is 23.3. The van der Waals surface area contributed by atoms with Gasteiger partial charge in [-0.2, -0.15) is 0 Å². The van der Waals surface area contributed by atoms with E-state index in [9.17, 15) is 14.4 Å². The number of rotatable bonds is 7. The van der Waals surface area contributed by atoms with Crippen molar-refractivity contribution in [2.24, 2.45) is 0 Å². The van der Waals surface area contributed by atoms with Crippen molar-refractivity contribution >= 4 is 17.1 Å². The smallest absolute Gasteiger partial charge is 0.408 e. The molecule has 40 heavy (non-hydrogen) atoms. The van der Waals surface area contributed by atoms with Gasteiger partial charge in [-0.15, -0.1) is 0 Å². The molecule has 1 fully saturated rings. The highest BCUT2D eigenvalue weighted by Crippen LogP contribution is 2.42. The first-order valence-electron chi connectivity index (χ1n) is 13.5. The average Bonchev–Trinajstić information content (AvgIpc) is 2.90. The van der Waals surface area contributed by atoms with Crippen LogP contribution in [0.5, 0.6) is 0 Å². The van der Waals surface area contributed by atoms with Gasteiger partial charge in [-0.05, 0) is 57.2 Å². The molecule has 2 aromatic heterocycles. The largest absolute Gasteiger partial charge is 0.449 e. The Bertz CT molecular complexity index is 1640. The van der Waals surface area contributed by atoms with Crippen LogP contribution in [0.1, 0.15) is 45.6 Å². The van der Waals surface area contributed by atoms with Gasteiger partial charge >= 0.3 is 6.09 Å². The van der Waals surface area contributed by atoms with Crippen LogP contribution in [0.2, 0.25) is 0 Å². The van der Waals surface area contributed by atoms with E-state index in [-0.39, 0.29) is 22.0 Å². The summed E-state index contributed by atoms with van der Waals surface area (Å²) in [7, 11) is 1.57. The highest BCUT2D eigenvalue weighted by atomic mass is 16.6. The second-order valence-corrected chi connectivity index (χ2v) is 11.2. The van der Waals surface area contributed by atoms with E-state index in [0.717, 1.165) is 24.8 Å². The van der Waals surface area contributed by atoms with E-state index in [1.54, 1.807) is 19.4 Å². The fourth-order valence-electron chi connectivity index (χ4n) is 5.11. The van der Waals surface area contributed by atoms with Crippen LogP contribution in [-0.4, -0.2) is 30.0 Å². The number of nitrogens with zero attached hydrogens (tertiary/aromatic N) is 1. The summed E-state index contributed by atoms with van der Waals surface area (Å²) < 4.78 is 18.3. The molecule has 5 rings (SSSR count). The number of benzene rings is 2. The van der Waals surface area contributed by atoms with Crippen LogP contribution in [0, 0.1) is 0 Å². The molecule has 0 aliphatic heterocycles. The maximum atomic E-state index is 13.9. The lowest BCUT2D eigenvalue weighted by Gasteiger charge is -2.43. The van der Waals surface area contributed by atoms with Gasteiger partial charge in [0.2, 0.25) is 11.0 Å². The Morgan fingerprint density at radius 3 is 2.30 bits per heavy atom. The minimum Gasteiger partial charge on any atom is -0.449 e. The molecular formula is C32H34N2O6. The Morgan fingerprint density at radius 2 is 1.70 bits per heavy atom. The van der Waals surface area contributed by atoms with E-state index in [4.69, 9.17) is 13.9 Å². The van der Waals surface area contributed by atoms with E-state index in [1.165, 1.54) is 4.57 Å². The topological polar surface area (TPSA) is 99.8 Å². The number of pyridine rings is 1. The van der Waals surface area contributed by atoms with Gasteiger partial charge in [-0.1, -0.05) is 54.6 Å². The van der Waals surface area contributed by atoms with Crippen molar-refractivity contribution in [2.45, 2.75) is 57.7 Å². The predicted molar refractivity (Wildman–Crippen MR) is 154 cm³/mol. The maximum absolute atomic E-state index is 13.9. The lowest BCUT2D eigenvalue weighted by atomic mass is 9.71. The molecule has 1 N–H and O–H groups in total. The highest BCUT2D eigenvalue weighted by molar-refractivity contribution is 5.88. The molecule has 8 heteroatoms. The van der Waals surface area contributed by atoms with Gasteiger partial charge in [0.05, 0.1) is 23.1 Å². The number of nitrogens with one attached hydrogen (secondary N) is 1. The molecule has 0 bridgehead atoms. The van der Waals surface area contributed by atoms with Gasteiger partial charge in [0.15, 0.2) is 0 Å². The summed E-state index contributed by atoms with van der Waals surface area (Å²) in [5.74, 6) is 0.331. The van der Waals surface area contributed by atoms with Crippen molar-refractivity contribution in [3.8, 4) is 22.5 Å². The number of methoxy groups -OCH3 is 1. The third-order valence-electron chi connectivity index (χ3n) is 7.27. The van der Waals surface area contributed by atoms with E-state index in [2.05, 4.69) is 5.32 Å². The first kappa shape index (κ1) is 27.4. The van der Waals surface area contributed by atoms with E-state index in [0.29, 0.717) is 35.6 Å². The van der Waals surface area contributed by atoms with Crippen LogP contribution in [0.15, 0.2) is 80.9 Å². The zero-order chi connectivity index (χ0) is 28.5. The van der Waals surface area contributed by atoms with Crippen LogP contribution in [0.25, 0.3) is 33.4 Å². The summed E-state index contributed by atoms with van der Waals surface area (Å²) >= 11 is 0. The highest BCUT2D eigenvalue weighted by Gasteiger charge is 2.41. The lowest BCUT2D eigenvalue weighted by molar-refractivity contribution is 0.0377. The number of aromatic nitrogens is 1. The quantitative estimate of drug-likeness (QED) is 0.315. The van der Waals surface area contributed by atoms with Crippen LogP contribution >= 0.6 is 0 Å². The van der Waals surface area contributed by atoms with Gasteiger partial charge in [-0.25, -0.2) is 4.79 Å². The molecule has 0 spiro atoms. The normalized spacial score (nSPS) is 14.5. The van der Waals surface area contributed by atoms with Gasteiger partial charge in [0.1, 0.15) is 11.4 Å². The monoisotopic (exact) mass is 542 g/mol. The molecule has 0 unspecified atom stereocenters. The third kappa shape index (κ3) is 5.31. The standard InChI is InChI=1S/C32H34N2O6/c1-31(2,3)40-30(37)33-32(16-8-17-32)23-13-11-21(12-14-23)25-26(35)24-15-18-34(19-20-38-4)29(36)28(24)39-27(25)22-9-6-5-7-10-22/h5-7,9-15,18H,8,16-17,19-20H2,1-4H3,(H,33,37). The number of hydrogen-bond acceptors (Lipinski definition) is 6. The predicted octanol–water partition coefficient (Wildman–Crippen LogP) is 5.84. The second-order valence-electron chi connectivity index (χ2n) is 11.2. The molecule has 2 aromatic carbocycles. The first-order chi connectivity index (χ1) is 19.1. The molecule has 8 nitrogen and oxygen atoms in total. The third-order valence-corrected chi connectivity index (χ3v) is 7.27. The van der Waals surface area contributed by atoms with Crippen molar-refractivity contribution < 1.29 is 18.7 Å². The van der Waals surface area contributed by atoms with Crippen molar-refractivity contribution in [2.75, 3.05) is 13.7 Å². The van der Waals surface area contributed by atoms with Gasteiger partial charge in [0.25, 0.3) is 5.56 Å². The summed E-state index contributed by atoms with van der Waals surface area (Å²) in [6.45, 7) is 6.21. The number of carbonyl (C=O) groups is 1. The summed E-state index contributed by atoms with van der Waals surface area (Å²) in [5.41, 5.74) is 0.914. The number of ether oxygens (including phenoxy) is 2. The van der Waals surface area contributed by atoms with Gasteiger partial charge in [-0.3, -0.25) is 9.59 Å². The molecule has 4 aromatic rings. The lowest BCUT2D eigenvalue weighted by Crippen LogP contribution is -2.52. The molecule has 0 radical (unpaired) electrons. The Hall–Kier alpha value is -4.17. The van der Waals surface area contributed by atoms with Crippen LogP contribution in [0.3, 0.4) is 0 Å². The fourth-order valence-corrected chi connectivity index (χ4v) is 5.11. The van der Waals surface area contributed by atoms with Crippen LogP contribution < -0.4 is 16.3 Å². The Balaban J connectivity index is 1.59. The minimum atomic E-state index is -0.593. The Labute approximate surface area is 232 Å². The van der Waals surface area contributed by atoms with E-state index < -0.39 is 17.2 Å². The summed E-state index contributed by atoms with van der Waals surface area (Å²) in [4.78, 5) is 39.7. The minimum absolute atomic E-state index is 0.0119. The molecule has 1 aliphatic rings. The molecule has 0 saturated heterocycles. The van der Waals surface area contributed by atoms with Crippen LogP contribution in [-0.2, 0) is 21.6 Å². The van der Waals surface area contributed by atoms with Crippen LogP contribution in [0.4, 0.5) is 4.79 Å². The molecule has 1 saturated carbocycles. The number of fused-ring (bicyclic) bond motifs is 1. The average molecular weight is 543 g/mol. The van der Waals surface area contributed by atoms with Gasteiger partial charge < -0.3 is 23.8 Å². The van der Waals surface area contributed by atoms with Crippen molar-refractivity contribution in [3.05, 3.63) is 93.0 Å². The summed E-state index contributed by atoms with van der Waals surface area (Å²) in [6.07, 6.45) is 3.74. The van der Waals surface area contributed by atoms with E-state index >= 15 is 0 Å². The molecule has 2 heterocycles. The fraction of sp³-hybridized carbons (Fsp3) is 0.344. The first-order valence-corrected chi connectivity index (χ1v) is 13.5. The number of amides is 1. The van der Waals surface area contributed by atoms with Crippen molar-refractivity contribution in [1.82, 2.24) is 9.88 Å². The van der Waals surface area contributed by atoms with Gasteiger partial charge in [0, 0.05) is 25.4 Å². The molecular weight excluding hydrogens is 508 g/mol. The molecule has 0 atom stereocenters. The zero-order valence-electron chi connectivity index (χ0n) is 23.3. The molecule has 208 valence electrons. The maximum Gasteiger partial charge on any atom is 0.408 e. The van der Waals surface area contributed by atoms with Crippen molar-refractivity contribution in [1.29, 1.82) is 0 Å². The SMILES string of the molecule is COCCn1ccc2c(=O)c(-c3ccc(C4(NC(=O)OC(C)(C)C)CCC4)cc3)c(-c3ccccc3)oc2c1=O. The van der Waals surface area contributed by atoms with E-state index in [1.807, 2.05) is 75.4 Å². The molecule has 1 amide bonds. The van der Waals surface area contributed by atoms with Crippen molar-refractivity contribution in [3.63, 3.8) is 0 Å². The second kappa shape index (κ2) is 10.8. The molecule has 1 aliphatic carbocycles. The number of carbonyl (C=O) groups excluding carboxylic acids is 1. The number of hydrogen-bond donors (Lipinski definition) is 1. The Kier molecular flexibility index (Phi) is 7.38.